The lowest BCUT2D eigenvalue weighted by atomic mass is 9.84. The zero-order valence-electron chi connectivity index (χ0n) is 20.8. The van der Waals surface area contributed by atoms with Crippen molar-refractivity contribution in [3.8, 4) is 51.4 Å². The molecule has 0 spiro atoms. The monoisotopic (exact) mass is 501 g/mol. The molecule has 5 rings (SSSR count). The third-order valence-corrected chi connectivity index (χ3v) is 6.29. The molecule has 0 aliphatic heterocycles. The highest BCUT2D eigenvalue weighted by Crippen LogP contribution is 2.51. The van der Waals surface area contributed by atoms with Crippen molar-refractivity contribution in [2.75, 3.05) is 35.5 Å². The molecule has 0 bridgehead atoms. The van der Waals surface area contributed by atoms with Crippen LogP contribution >= 0.6 is 0 Å². The first-order valence-electron chi connectivity index (χ1n) is 11.2. The van der Waals surface area contributed by atoms with Gasteiger partial charge in [-0.15, -0.1) is 0 Å². The van der Waals surface area contributed by atoms with Gasteiger partial charge in [0, 0.05) is 34.3 Å². The second kappa shape index (κ2) is 9.34. The predicted octanol–water partition coefficient (Wildman–Crippen LogP) is 5.09. The number of ketones is 1. The van der Waals surface area contributed by atoms with Crippen LogP contribution in [0.1, 0.15) is 26.4 Å². The minimum Gasteiger partial charge on any atom is -0.493 e. The number of hydrogen-bond donors (Lipinski definition) is 0. The van der Waals surface area contributed by atoms with E-state index in [4.69, 9.17) is 28.4 Å². The van der Waals surface area contributed by atoms with Crippen LogP contribution in [-0.2, 0) is 0 Å². The van der Waals surface area contributed by atoms with Gasteiger partial charge in [-0.1, -0.05) is 0 Å². The lowest BCUT2D eigenvalue weighted by Crippen LogP contribution is -2.13. The summed E-state index contributed by atoms with van der Waals surface area (Å²) >= 11 is 0. The van der Waals surface area contributed by atoms with Crippen molar-refractivity contribution < 1.29 is 38.0 Å². The Morgan fingerprint density at radius 1 is 0.703 bits per heavy atom. The van der Waals surface area contributed by atoms with E-state index in [-0.39, 0.29) is 28.5 Å². The molecule has 0 amide bonds. The number of ether oxygens (including phenoxy) is 6. The van der Waals surface area contributed by atoms with Gasteiger partial charge in [-0.2, -0.15) is 0 Å². The molecule has 188 valence electrons. The average Bonchev–Trinajstić information content (AvgIpc) is 2.94. The fourth-order valence-electron chi connectivity index (χ4n) is 4.58. The number of fused-ring (bicyclic) bond motifs is 2. The third-order valence-electron chi connectivity index (χ3n) is 6.29. The standard InChI is InChI=1S/C28H23NO8/c1-32-19-9-15(13-30)18(12-21(19)34-3)37-22-11-17-16(10-20(22)33-2)25-24-14(6-7-29-26(24)27(17)31)8-23(35-4)28(25)36-5/h6-13H,1-5H3. The molecular weight excluding hydrogens is 478 g/mol. The first-order chi connectivity index (χ1) is 18.0. The van der Waals surface area contributed by atoms with Crippen molar-refractivity contribution in [1.82, 2.24) is 4.98 Å². The largest absolute Gasteiger partial charge is 0.493 e. The van der Waals surface area contributed by atoms with Gasteiger partial charge in [0.25, 0.3) is 0 Å². The summed E-state index contributed by atoms with van der Waals surface area (Å²) < 4.78 is 33.7. The van der Waals surface area contributed by atoms with E-state index < -0.39 is 0 Å². The van der Waals surface area contributed by atoms with Crippen LogP contribution in [0.25, 0.3) is 21.9 Å². The number of benzene rings is 3. The number of pyridine rings is 1. The summed E-state index contributed by atoms with van der Waals surface area (Å²) in [6, 6.07) is 9.95. The van der Waals surface area contributed by atoms with E-state index in [1.54, 1.807) is 32.5 Å². The fraction of sp³-hybridized carbons (Fsp3) is 0.179. The molecule has 1 aromatic heterocycles. The van der Waals surface area contributed by atoms with E-state index in [0.29, 0.717) is 57.1 Å². The van der Waals surface area contributed by atoms with E-state index >= 15 is 0 Å². The maximum atomic E-state index is 13.6. The summed E-state index contributed by atoms with van der Waals surface area (Å²) in [5.74, 6) is 2.22. The molecule has 0 unspecified atom stereocenters. The molecule has 1 aliphatic rings. The fourth-order valence-corrected chi connectivity index (χ4v) is 4.58. The number of nitrogens with zero attached hydrogens (tertiary/aromatic N) is 1. The lowest BCUT2D eigenvalue weighted by molar-refractivity contribution is 0.103. The maximum absolute atomic E-state index is 13.6. The Morgan fingerprint density at radius 3 is 2.00 bits per heavy atom. The van der Waals surface area contributed by atoms with Crippen LogP contribution in [0.5, 0.6) is 40.2 Å². The van der Waals surface area contributed by atoms with E-state index in [1.165, 1.54) is 33.5 Å². The quantitative estimate of drug-likeness (QED) is 0.269. The number of aldehydes is 1. The molecule has 0 radical (unpaired) electrons. The molecule has 9 heteroatoms. The molecule has 0 saturated carbocycles. The predicted molar refractivity (Wildman–Crippen MR) is 135 cm³/mol. The number of carbonyl (C=O) groups excluding carboxylic acids is 2. The number of hydrogen-bond acceptors (Lipinski definition) is 9. The smallest absolute Gasteiger partial charge is 0.212 e. The van der Waals surface area contributed by atoms with Crippen molar-refractivity contribution in [1.29, 1.82) is 0 Å². The zero-order chi connectivity index (χ0) is 26.3. The van der Waals surface area contributed by atoms with Crippen molar-refractivity contribution in [3.63, 3.8) is 0 Å². The topological polar surface area (TPSA) is 102 Å². The van der Waals surface area contributed by atoms with Gasteiger partial charge < -0.3 is 28.4 Å². The van der Waals surface area contributed by atoms with Crippen LogP contribution in [0.2, 0.25) is 0 Å². The molecule has 37 heavy (non-hydrogen) atoms. The van der Waals surface area contributed by atoms with Crippen LogP contribution < -0.4 is 28.4 Å². The third kappa shape index (κ3) is 3.67. The van der Waals surface area contributed by atoms with Crippen molar-refractivity contribution in [2.24, 2.45) is 0 Å². The molecule has 0 N–H and O–H groups in total. The molecule has 0 atom stereocenters. The normalized spacial score (nSPS) is 11.5. The van der Waals surface area contributed by atoms with Crippen LogP contribution in [-0.4, -0.2) is 52.6 Å². The first-order valence-corrected chi connectivity index (χ1v) is 11.2. The van der Waals surface area contributed by atoms with E-state index in [9.17, 15) is 9.59 Å². The van der Waals surface area contributed by atoms with Gasteiger partial charge in [-0.3, -0.25) is 14.6 Å². The van der Waals surface area contributed by atoms with Gasteiger partial charge in [-0.05, 0) is 35.7 Å². The summed E-state index contributed by atoms with van der Waals surface area (Å²) in [6.07, 6.45) is 2.22. The van der Waals surface area contributed by atoms with Gasteiger partial charge in [0.05, 0.1) is 41.1 Å². The van der Waals surface area contributed by atoms with Crippen molar-refractivity contribution in [3.05, 3.63) is 59.4 Å². The summed E-state index contributed by atoms with van der Waals surface area (Å²) in [6.45, 7) is 0. The Bertz CT molecular complexity index is 1580. The van der Waals surface area contributed by atoms with Gasteiger partial charge in [0.2, 0.25) is 5.78 Å². The minimum absolute atomic E-state index is 0.203. The van der Waals surface area contributed by atoms with E-state index in [2.05, 4.69) is 4.98 Å². The molecule has 9 nitrogen and oxygen atoms in total. The van der Waals surface area contributed by atoms with Gasteiger partial charge in [-0.25, -0.2) is 0 Å². The van der Waals surface area contributed by atoms with Crippen LogP contribution in [0.4, 0.5) is 0 Å². The van der Waals surface area contributed by atoms with E-state index in [1.807, 2.05) is 12.1 Å². The molecule has 0 saturated heterocycles. The Balaban J connectivity index is 1.75. The van der Waals surface area contributed by atoms with Crippen molar-refractivity contribution >= 4 is 22.8 Å². The molecule has 3 aromatic carbocycles. The second-order valence-corrected chi connectivity index (χ2v) is 8.09. The molecule has 1 heterocycles. The number of rotatable bonds is 8. The zero-order valence-corrected chi connectivity index (χ0v) is 20.8. The molecule has 4 aromatic rings. The van der Waals surface area contributed by atoms with Gasteiger partial charge in [0.1, 0.15) is 11.4 Å². The summed E-state index contributed by atoms with van der Waals surface area (Å²) in [4.78, 5) is 29.8. The van der Waals surface area contributed by atoms with Crippen LogP contribution in [0, 0.1) is 0 Å². The van der Waals surface area contributed by atoms with Crippen LogP contribution in [0.3, 0.4) is 0 Å². The molecule has 1 aliphatic carbocycles. The summed E-state index contributed by atoms with van der Waals surface area (Å²) in [5.41, 5.74) is 2.10. The summed E-state index contributed by atoms with van der Waals surface area (Å²) in [7, 11) is 7.54. The Labute approximate surface area is 212 Å². The molecule has 0 fully saturated rings. The highest BCUT2D eigenvalue weighted by molar-refractivity contribution is 6.26. The lowest BCUT2D eigenvalue weighted by Gasteiger charge is -2.24. The SMILES string of the molecule is COc1cc(C=O)c(Oc2cc3c(cc2OC)-c2c(OC)c(OC)cc4ccnc(c24)C3=O)cc1OC. The van der Waals surface area contributed by atoms with E-state index in [0.717, 1.165) is 5.39 Å². The second-order valence-electron chi connectivity index (χ2n) is 8.09. The first kappa shape index (κ1) is 23.9. The van der Waals surface area contributed by atoms with Crippen LogP contribution in [0.15, 0.2) is 42.6 Å². The average molecular weight is 501 g/mol. The Hall–Kier alpha value is -4.79. The van der Waals surface area contributed by atoms with Gasteiger partial charge in [0.15, 0.2) is 40.8 Å². The van der Waals surface area contributed by atoms with Gasteiger partial charge >= 0.3 is 0 Å². The maximum Gasteiger partial charge on any atom is 0.212 e. The Kier molecular flexibility index (Phi) is 6.04. The number of carbonyl (C=O) groups is 2. The number of methoxy groups -OCH3 is 5. The van der Waals surface area contributed by atoms with Crippen molar-refractivity contribution in [2.45, 2.75) is 0 Å². The minimum atomic E-state index is -0.282. The number of aromatic nitrogens is 1. The highest BCUT2D eigenvalue weighted by atomic mass is 16.5. The highest BCUT2D eigenvalue weighted by Gasteiger charge is 2.32. The molecular formula is C28H23NO8. The summed E-state index contributed by atoms with van der Waals surface area (Å²) in [5, 5.41) is 1.45. The Morgan fingerprint density at radius 2 is 1.35 bits per heavy atom.